The van der Waals surface area contributed by atoms with Gasteiger partial charge in [-0.2, -0.15) is 13.2 Å². The molecule has 0 aromatic carbocycles. The second kappa shape index (κ2) is 5.43. The number of hydrogen-bond acceptors (Lipinski definition) is 4. The van der Waals surface area contributed by atoms with Crippen molar-refractivity contribution in [1.29, 1.82) is 0 Å². The third-order valence-electron chi connectivity index (χ3n) is 2.77. The van der Waals surface area contributed by atoms with E-state index < -0.39 is 11.9 Å². The number of rotatable bonds is 2. The van der Waals surface area contributed by atoms with E-state index in [0.29, 0.717) is 12.2 Å². The molecule has 0 bridgehead atoms. The fourth-order valence-corrected chi connectivity index (χ4v) is 2.87. The van der Waals surface area contributed by atoms with Crippen LogP contribution < -0.4 is 4.90 Å². The Hall–Kier alpha value is -1.57. The molecule has 1 saturated heterocycles. The first-order valence-corrected chi connectivity index (χ1v) is 6.66. The highest BCUT2D eigenvalue weighted by Crippen LogP contribution is 2.31. The Bertz CT molecular complexity index is 530. The van der Waals surface area contributed by atoms with E-state index in [-0.39, 0.29) is 22.7 Å². The van der Waals surface area contributed by atoms with Gasteiger partial charge in [0, 0.05) is 25.1 Å². The zero-order valence-electron chi connectivity index (χ0n) is 10.5. The van der Waals surface area contributed by atoms with E-state index in [1.807, 2.05) is 0 Å². The van der Waals surface area contributed by atoms with Crippen molar-refractivity contribution < 1.29 is 22.8 Å². The molecule has 2 heterocycles. The maximum absolute atomic E-state index is 12.4. The average Bonchev–Trinajstić information content (AvgIpc) is 2.68. The SMILES string of the molecule is CC(=O)SC1CC(=O)N(c2ccc(C(F)(F)F)nc2)C1. The van der Waals surface area contributed by atoms with Crippen LogP contribution in [0.15, 0.2) is 18.3 Å². The van der Waals surface area contributed by atoms with E-state index in [1.54, 1.807) is 0 Å². The number of carbonyl (C=O) groups excluding carboxylic acids is 2. The highest BCUT2D eigenvalue weighted by molar-refractivity contribution is 8.14. The van der Waals surface area contributed by atoms with E-state index in [2.05, 4.69) is 4.98 Å². The van der Waals surface area contributed by atoms with Crippen LogP contribution >= 0.6 is 11.8 Å². The van der Waals surface area contributed by atoms with Crippen molar-refractivity contribution in [2.75, 3.05) is 11.4 Å². The van der Waals surface area contributed by atoms with Crippen LogP contribution in [0.25, 0.3) is 0 Å². The molecular weight excluding hydrogens is 293 g/mol. The van der Waals surface area contributed by atoms with Gasteiger partial charge >= 0.3 is 6.18 Å². The maximum atomic E-state index is 12.4. The summed E-state index contributed by atoms with van der Waals surface area (Å²) >= 11 is 1.07. The lowest BCUT2D eigenvalue weighted by Crippen LogP contribution is -2.25. The summed E-state index contributed by atoms with van der Waals surface area (Å²) in [5.74, 6) is -0.217. The Labute approximate surface area is 117 Å². The fraction of sp³-hybridized carbons (Fsp3) is 0.417. The van der Waals surface area contributed by atoms with E-state index in [9.17, 15) is 22.8 Å². The zero-order chi connectivity index (χ0) is 14.9. The predicted molar refractivity (Wildman–Crippen MR) is 68.3 cm³/mol. The van der Waals surface area contributed by atoms with Gasteiger partial charge in [-0.15, -0.1) is 0 Å². The first kappa shape index (κ1) is 14.8. The zero-order valence-corrected chi connectivity index (χ0v) is 11.3. The molecule has 0 spiro atoms. The van der Waals surface area contributed by atoms with Crippen LogP contribution in [0.2, 0.25) is 0 Å². The normalized spacial score (nSPS) is 19.5. The second-order valence-corrected chi connectivity index (χ2v) is 5.82. The maximum Gasteiger partial charge on any atom is 0.433 e. The number of amides is 1. The highest BCUT2D eigenvalue weighted by atomic mass is 32.2. The number of anilines is 1. The number of hydrogen-bond donors (Lipinski definition) is 0. The van der Waals surface area contributed by atoms with Gasteiger partial charge in [-0.1, -0.05) is 11.8 Å². The van der Waals surface area contributed by atoms with Crippen molar-refractivity contribution >= 4 is 28.5 Å². The molecular formula is C12H11F3N2O2S. The van der Waals surface area contributed by atoms with Gasteiger partial charge in [-0.25, -0.2) is 4.98 Å². The van der Waals surface area contributed by atoms with Crippen LogP contribution in [0.3, 0.4) is 0 Å². The van der Waals surface area contributed by atoms with Crippen LogP contribution in [0.4, 0.5) is 18.9 Å². The van der Waals surface area contributed by atoms with Crippen LogP contribution in [-0.4, -0.2) is 27.8 Å². The summed E-state index contributed by atoms with van der Waals surface area (Å²) in [7, 11) is 0. The average molecular weight is 304 g/mol. The summed E-state index contributed by atoms with van der Waals surface area (Å²) < 4.78 is 37.2. The minimum absolute atomic E-state index is 0.0878. The number of nitrogens with zero attached hydrogens (tertiary/aromatic N) is 2. The Kier molecular flexibility index (Phi) is 4.03. The molecule has 1 aromatic heterocycles. The number of pyridine rings is 1. The van der Waals surface area contributed by atoms with Crippen molar-refractivity contribution in [2.45, 2.75) is 24.8 Å². The number of thioether (sulfide) groups is 1. The molecule has 4 nitrogen and oxygen atoms in total. The monoisotopic (exact) mass is 304 g/mol. The molecule has 2 rings (SSSR count). The van der Waals surface area contributed by atoms with E-state index in [0.717, 1.165) is 24.0 Å². The smallest absolute Gasteiger partial charge is 0.310 e. The van der Waals surface area contributed by atoms with Crippen molar-refractivity contribution in [1.82, 2.24) is 4.98 Å². The molecule has 20 heavy (non-hydrogen) atoms. The molecule has 1 unspecified atom stereocenters. The van der Waals surface area contributed by atoms with Crippen molar-refractivity contribution in [3.63, 3.8) is 0 Å². The van der Waals surface area contributed by atoms with Gasteiger partial charge in [0.25, 0.3) is 0 Å². The third kappa shape index (κ3) is 3.30. The molecule has 0 radical (unpaired) electrons. The minimum atomic E-state index is -4.50. The number of carbonyl (C=O) groups is 2. The predicted octanol–water partition coefficient (Wildman–Crippen LogP) is 2.49. The molecule has 1 aliphatic heterocycles. The molecule has 1 aliphatic rings. The highest BCUT2D eigenvalue weighted by Gasteiger charge is 2.34. The van der Waals surface area contributed by atoms with Crippen molar-refractivity contribution in [3.05, 3.63) is 24.0 Å². The Morgan fingerprint density at radius 1 is 1.45 bits per heavy atom. The van der Waals surface area contributed by atoms with E-state index in [4.69, 9.17) is 0 Å². The minimum Gasteiger partial charge on any atom is -0.310 e. The molecule has 0 saturated carbocycles. The summed E-state index contributed by atoms with van der Waals surface area (Å²) in [6.45, 7) is 1.72. The molecule has 1 aromatic rings. The van der Waals surface area contributed by atoms with E-state index in [1.165, 1.54) is 17.9 Å². The largest absolute Gasteiger partial charge is 0.433 e. The van der Waals surface area contributed by atoms with Gasteiger partial charge in [0.05, 0.1) is 11.9 Å². The second-order valence-electron chi connectivity index (χ2n) is 4.34. The summed E-state index contributed by atoms with van der Waals surface area (Å²) in [6, 6.07) is 2.06. The van der Waals surface area contributed by atoms with Gasteiger partial charge in [-0.05, 0) is 12.1 Å². The van der Waals surface area contributed by atoms with Gasteiger partial charge in [0.1, 0.15) is 5.69 Å². The number of halogens is 3. The van der Waals surface area contributed by atoms with Crippen LogP contribution in [-0.2, 0) is 15.8 Å². The topological polar surface area (TPSA) is 50.3 Å². The molecule has 108 valence electrons. The lowest BCUT2D eigenvalue weighted by atomic mass is 10.3. The van der Waals surface area contributed by atoms with Crippen LogP contribution in [0.1, 0.15) is 19.0 Å². The number of alkyl halides is 3. The molecule has 0 aliphatic carbocycles. The van der Waals surface area contributed by atoms with Gasteiger partial charge < -0.3 is 4.90 Å². The number of aromatic nitrogens is 1. The standard InChI is InChI=1S/C12H11F3N2O2S/c1-7(18)20-9-4-11(19)17(6-9)8-2-3-10(16-5-8)12(13,14)15/h2-3,5,9H,4,6H2,1H3. The van der Waals surface area contributed by atoms with Gasteiger partial charge in [-0.3, -0.25) is 9.59 Å². The Balaban J connectivity index is 2.12. The third-order valence-corrected chi connectivity index (χ3v) is 3.75. The first-order chi connectivity index (χ1) is 9.27. The van der Waals surface area contributed by atoms with Crippen molar-refractivity contribution in [3.8, 4) is 0 Å². The van der Waals surface area contributed by atoms with Gasteiger partial charge in [0.15, 0.2) is 5.12 Å². The first-order valence-electron chi connectivity index (χ1n) is 5.78. The molecule has 1 amide bonds. The summed E-state index contributed by atoms with van der Waals surface area (Å²) in [6.07, 6.45) is -3.27. The quantitative estimate of drug-likeness (QED) is 0.842. The van der Waals surface area contributed by atoms with Crippen LogP contribution in [0, 0.1) is 0 Å². The molecule has 8 heteroatoms. The molecule has 1 atom stereocenters. The van der Waals surface area contributed by atoms with Gasteiger partial charge in [0.2, 0.25) is 5.91 Å². The lowest BCUT2D eigenvalue weighted by Gasteiger charge is -2.16. The van der Waals surface area contributed by atoms with Crippen LogP contribution in [0.5, 0.6) is 0 Å². The Morgan fingerprint density at radius 3 is 2.65 bits per heavy atom. The summed E-state index contributed by atoms with van der Waals surface area (Å²) in [4.78, 5) is 27.5. The Morgan fingerprint density at radius 2 is 2.15 bits per heavy atom. The van der Waals surface area contributed by atoms with Crippen molar-refractivity contribution in [2.24, 2.45) is 0 Å². The molecule has 1 fully saturated rings. The molecule has 0 N–H and O–H groups in total. The summed E-state index contributed by atoms with van der Waals surface area (Å²) in [5.41, 5.74) is -0.683. The fourth-order valence-electron chi connectivity index (χ4n) is 1.95. The van der Waals surface area contributed by atoms with E-state index >= 15 is 0 Å². The lowest BCUT2D eigenvalue weighted by molar-refractivity contribution is -0.141. The summed E-state index contributed by atoms with van der Waals surface area (Å²) in [5, 5.41) is -0.252.